The standard InChI is InChI=1S/C15H20ClN3S/c1-4-17-10-13-12(16)7-8-15(18-13)19(3)11(2)14-6-5-9-20-14/h5-9,11,17H,4,10H2,1-3H3. The summed E-state index contributed by atoms with van der Waals surface area (Å²) < 4.78 is 0. The van der Waals surface area contributed by atoms with Gasteiger partial charge in [0.2, 0.25) is 0 Å². The van der Waals surface area contributed by atoms with Gasteiger partial charge in [-0.2, -0.15) is 0 Å². The van der Waals surface area contributed by atoms with Crippen molar-refractivity contribution in [2.24, 2.45) is 0 Å². The van der Waals surface area contributed by atoms with Crippen LogP contribution in [0.15, 0.2) is 29.6 Å². The zero-order valence-electron chi connectivity index (χ0n) is 12.1. The van der Waals surface area contributed by atoms with Gasteiger partial charge in [-0.15, -0.1) is 11.3 Å². The number of halogens is 1. The smallest absolute Gasteiger partial charge is 0.129 e. The molecule has 0 radical (unpaired) electrons. The van der Waals surface area contributed by atoms with Gasteiger partial charge in [0.25, 0.3) is 0 Å². The summed E-state index contributed by atoms with van der Waals surface area (Å²) >= 11 is 7.96. The summed E-state index contributed by atoms with van der Waals surface area (Å²) in [4.78, 5) is 8.19. The average Bonchev–Trinajstić information content (AvgIpc) is 2.99. The molecule has 0 spiro atoms. The van der Waals surface area contributed by atoms with Gasteiger partial charge >= 0.3 is 0 Å². The van der Waals surface area contributed by atoms with Gasteiger partial charge in [-0.3, -0.25) is 0 Å². The summed E-state index contributed by atoms with van der Waals surface area (Å²) in [7, 11) is 2.07. The molecule has 0 amide bonds. The molecule has 0 saturated heterocycles. The third kappa shape index (κ3) is 3.51. The normalized spacial score (nSPS) is 12.4. The van der Waals surface area contributed by atoms with Crippen LogP contribution < -0.4 is 10.2 Å². The van der Waals surface area contributed by atoms with E-state index in [-0.39, 0.29) is 0 Å². The van der Waals surface area contributed by atoms with Crippen molar-refractivity contribution in [3.8, 4) is 0 Å². The summed E-state index contributed by atoms with van der Waals surface area (Å²) in [5.41, 5.74) is 0.899. The first-order valence-corrected chi connectivity index (χ1v) is 8.01. The van der Waals surface area contributed by atoms with Gasteiger partial charge in [-0.1, -0.05) is 24.6 Å². The molecular formula is C15H20ClN3S. The van der Waals surface area contributed by atoms with Crippen molar-refractivity contribution in [3.63, 3.8) is 0 Å². The molecule has 0 aliphatic rings. The van der Waals surface area contributed by atoms with Crippen molar-refractivity contribution >= 4 is 28.8 Å². The van der Waals surface area contributed by atoms with Gasteiger partial charge in [0.05, 0.1) is 16.8 Å². The first-order valence-electron chi connectivity index (χ1n) is 6.75. The maximum atomic E-state index is 6.20. The van der Waals surface area contributed by atoms with E-state index in [0.717, 1.165) is 18.1 Å². The molecule has 1 atom stereocenters. The fourth-order valence-electron chi connectivity index (χ4n) is 1.95. The molecule has 0 aromatic carbocycles. The van der Waals surface area contributed by atoms with E-state index in [2.05, 4.69) is 53.6 Å². The van der Waals surface area contributed by atoms with Crippen LogP contribution in [0, 0.1) is 0 Å². The average molecular weight is 310 g/mol. The number of aromatic nitrogens is 1. The lowest BCUT2D eigenvalue weighted by atomic mass is 10.2. The Morgan fingerprint density at radius 3 is 2.85 bits per heavy atom. The molecular weight excluding hydrogens is 290 g/mol. The molecule has 0 aliphatic heterocycles. The molecule has 108 valence electrons. The van der Waals surface area contributed by atoms with E-state index in [4.69, 9.17) is 11.6 Å². The lowest BCUT2D eigenvalue weighted by Gasteiger charge is -2.25. The summed E-state index contributed by atoms with van der Waals surface area (Å²) in [6.45, 7) is 5.86. The lowest BCUT2D eigenvalue weighted by Crippen LogP contribution is -2.23. The Balaban J connectivity index is 2.19. The van der Waals surface area contributed by atoms with Crippen molar-refractivity contribution in [2.45, 2.75) is 26.4 Å². The topological polar surface area (TPSA) is 28.2 Å². The molecule has 1 unspecified atom stereocenters. The number of pyridine rings is 1. The molecule has 5 heteroatoms. The predicted molar refractivity (Wildman–Crippen MR) is 87.8 cm³/mol. The molecule has 2 heterocycles. The molecule has 2 rings (SSSR count). The monoisotopic (exact) mass is 309 g/mol. The first kappa shape index (κ1) is 15.3. The number of anilines is 1. The van der Waals surface area contributed by atoms with Crippen LogP contribution in [-0.2, 0) is 6.54 Å². The van der Waals surface area contributed by atoms with Crippen LogP contribution in [0.5, 0.6) is 0 Å². The number of hydrogen-bond acceptors (Lipinski definition) is 4. The number of nitrogens with zero attached hydrogens (tertiary/aromatic N) is 2. The van der Waals surface area contributed by atoms with E-state index < -0.39 is 0 Å². The molecule has 2 aromatic heterocycles. The van der Waals surface area contributed by atoms with Crippen molar-refractivity contribution in [1.29, 1.82) is 0 Å². The van der Waals surface area contributed by atoms with E-state index in [9.17, 15) is 0 Å². The predicted octanol–water partition coefficient (Wildman–Crippen LogP) is 4.10. The van der Waals surface area contributed by atoms with Crippen LogP contribution in [0.1, 0.15) is 30.5 Å². The summed E-state index contributed by atoms with van der Waals surface area (Å²) in [5.74, 6) is 0.947. The Morgan fingerprint density at radius 2 is 2.20 bits per heavy atom. The summed E-state index contributed by atoms with van der Waals surface area (Å²) in [6.07, 6.45) is 0. The fraction of sp³-hybridized carbons (Fsp3) is 0.400. The van der Waals surface area contributed by atoms with E-state index in [1.165, 1.54) is 4.88 Å². The third-order valence-corrected chi connectivity index (χ3v) is 4.73. The highest BCUT2D eigenvalue weighted by molar-refractivity contribution is 7.10. The first-order chi connectivity index (χ1) is 9.63. The van der Waals surface area contributed by atoms with E-state index in [0.29, 0.717) is 17.6 Å². The minimum Gasteiger partial charge on any atom is -0.352 e. The molecule has 3 nitrogen and oxygen atoms in total. The fourth-order valence-corrected chi connectivity index (χ4v) is 2.95. The van der Waals surface area contributed by atoms with Gasteiger partial charge in [-0.25, -0.2) is 4.98 Å². The van der Waals surface area contributed by atoms with Crippen molar-refractivity contribution < 1.29 is 0 Å². The van der Waals surface area contributed by atoms with Gasteiger partial charge in [-0.05, 0) is 37.0 Å². The van der Waals surface area contributed by atoms with Crippen LogP contribution in [0.3, 0.4) is 0 Å². The Hall–Kier alpha value is -1.10. The van der Waals surface area contributed by atoms with Gasteiger partial charge < -0.3 is 10.2 Å². The van der Waals surface area contributed by atoms with Gasteiger partial charge in [0, 0.05) is 18.5 Å². The highest BCUT2D eigenvalue weighted by Gasteiger charge is 2.15. The number of nitrogens with one attached hydrogen (secondary N) is 1. The van der Waals surface area contributed by atoms with E-state index in [1.54, 1.807) is 11.3 Å². The Kier molecular flexibility index (Phi) is 5.40. The molecule has 0 bridgehead atoms. The second-order valence-electron chi connectivity index (χ2n) is 4.68. The third-order valence-electron chi connectivity index (χ3n) is 3.34. The quantitative estimate of drug-likeness (QED) is 0.870. The van der Waals surface area contributed by atoms with E-state index >= 15 is 0 Å². The van der Waals surface area contributed by atoms with Crippen LogP contribution in [0.2, 0.25) is 5.02 Å². The molecule has 1 N–H and O–H groups in total. The van der Waals surface area contributed by atoms with Crippen LogP contribution in [-0.4, -0.2) is 18.6 Å². The largest absolute Gasteiger partial charge is 0.352 e. The van der Waals surface area contributed by atoms with E-state index in [1.807, 2.05) is 12.1 Å². The highest BCUT2D eigenvalue weighted by Crippen LogP contribution is 2.28. The second-order valence-corrected chi connectivity index (χ2v) is 6.07. The molecule has 2 aromatic rings. The zero-order chi connectivity index (χ0) is 14.5. The minimum absolute atomic E-state index is 0.302. The van der Waals surface area contributed by atoms with Crippen molar-refractivity contribution in [1.82, 2.24) is 10.3 Å². The summed E-state index contributed by atoms with van der Waals surface area (Å²) in [6, 6.07) is 8.43. The van der Waals surface area contributed by atoms with Crippen molar-refractivity contribution in [3.05, 3.63) is 45.2 Å². The number of rotatable bonds is 6. The molecule has 0 saturated carbocycles. The number of hydrogen-bond donors (Lipinski definition) is 1. The minimum atomic E-state index is 0.302. The highest BCUT2D eigenvalue weighted by atomic mass is 35.5. The van der Waals surface area contributed by atoms with Gasteiger partial charge in [0.1, 0.15) is 5.82 Å². The Labute approximate surface area is 129 Å². The van der Waals surface area contributed by atoms with Gasteiger partial charge in [0.15, 0.2) is 0 Å². The molecule has 0 fully saturated rings. The summed E-state index contributed by atoms with van der Waals surface area (Å²) in [5, 5.41) is 6.08. The number of thiophene rings is 1. The van der Waals surface area contributed by atoms with Crippen LogP contribution >= 0.6 is 22.9 Å². The maximum absolute atomic E-state index is 6.20. The maximum Gasteiger partial charge on any atom is 0.129 e. The van der Waals surface area contributed by atoms with Crippen LogP contribution in [0.25, 0.3) is 0 Å². The Bertz CT molecular complexity index is 542. The molecule has 20 heavy (non-hydrogen) atoms. The lowest BCUT2D eigenvalue weighted by molar-refractivity contribution is 0.699. The molecule has 0 aliphatic carbocycles. The SMILES string of the molecule is CCNCc1nc(N(C)C(C)c2cccs2)ccc1Cl. The van der Waals surface area contributed by atoms with Crippen molar-refractivity contribution in [2.75, 3.05) is 18.5 Å². The Morgan fingerprint density at radius 1 is 1.40 bits per heavy atom. The zero-order valence-corrected chi connectivity index (χ0v) is 13.6. The second kappa shape index (κ2) is 7.07. The van der Waals surface area contributed by atoms with Crippen LogP contribution in [0.4, 0.5) is 5.82 Å².